The molecular weight excluding hydrogens is 392 g/mol. The van der Waals surface area contributed by atoms with Crippen LogP contribution in [0.1, 0.15) is 25.7 Å². The Kier molecular flexibility index (Phi) is 5.04. The van der Waals surface area contributed by atoms with Crippen LogP contribution < -0.4 is 15.4 Å². The Labute approximate surface area is 169 Å². The molecule has 2 aliphatic rings. The second kappa shape index (κ2) is 7.51. The van der Waals surface area contributed by atoms with E-state index < -0.39 is 9.84 Å². The van der Waals surface area contributed by atoms with E-state index in [1.807, 2.05) is 0 Å². The SMILES string of the molecule is CS(=O)(=O)c1ccc(Oc2ccc(NC(=O)C3CC3)cc2)c(NC(=O)C2CC2)c1. The number of hydrogen-bond acceptors (Lipinski definition) is 5. The largest absolute Gasteiger partial charge is 0.455 e. The minimum Gasteiger partial charge on any atom is -0.455 e. The van der Waals surface area contributed by atoms with Crippen LogP contribution in [0.25, 0.3) is 0 Å². The van der Waals surface area contributed by atoms with Crippen molar-refractivity contribution < 1.29 is 22.7 Å². The topological polar surface area (TPSA) is 102 Å². The molecule has 0 heterocycles. The van der Waals surface area contributed by atoms with Gasteiger partial charge in [0.25, 0.3) is 0 Å². The van der Waals surface area contributed by atoms with Gasteiger partial charge in [-0.25, -0.2) is 8.42 Å². The molecule has 0 radical (unpaired) electrons. The van der Waals surface area contributed by atoms with Gasteiger partial charge in [0.1, 0.15) is 5.75 Å². The normalized spacial score (nSPS) is 16.2. The van der Waals surface area contributed by atoms with Crippen LogP contribution in [0.3, 0.4) is 0 Å². The summed E-state index contributed by atoms with van der Waals surface area (Å²) in [6.45, 7) is 0. The minimum atomic E-state index is -3.42. The van der Waals surface area contributed by atoms with Crippen LogP contribution in [0, 0.1) is 11.8 Å². The molecular formula is C21H22N2O5S. The summed E-state index contributed by atoms with van der Waals surface area (Å²) in [4.78, 5) is 24.1. The van der Waals surface area contributed by atoms with Crippen LogP contribution in [0.2, 0.25) is 0 Å². The highest BCUT2D eigenvalue weighted by atomic mass is 32.2. The Balaban J connectivity index is 1.53. The first-order valence-electron chi connectivity index (χ1n) is 9.53. The Hall–Kier alpha value is -2.87. The first kappa shape index (κ1) is 19.4. The van der Waals surface area contributed by atoms with Crippen LogP contribution in [0.15, 0.2) is 47.4 Å². The maximum absolute atomic E-state index is 12.2. The van der Waals surface area contributed by atoms with E-state index in [0.29, 0.717) is 22.9 Å². The van der Waals surface area contributed by atoms with Crippen LogP contribution in [-0.4, -0.2) is 26.5 Å². The minimum absolute atomic E-state index is 0.0279. The van der Waals surface area contributed by atoms with Gasteiger partial charge in [0.05, 0.1) is 10.6 Å². The molecule has 2 aromatic rings. The monoisotopic (exact) mass is 414 g/mol. The van der Waals surface area contributed by atoms with Gasteiger partial charge >= 0.3 is 0 Å². The standard InChI is InChI=1S/C21H22N2O5S/c1-29(26,27)17-10-11-19(18(12-17)23-21(25)14-4-5-14)28-16-8-6-15(7-9-16)22-20(24)13-2-3-13/h6-14H,2-5H2,1H3,(H,22,24)(H,23,25). The van der Waals surface area contributed by atoms with Gasteiger partial charge in [-0.1, -0.05) is 0 Å². The summed E-state index contributed by atoms with van der Waals surface area (Å²) in [6.07, 6.45) is 4.66. The second-order valence-corrected chi connectivity index (χ2v) is 9.60. The van der Waals surface area contributed by atoms with Gasteiger partial charge in [-0.3, -0.25) is 9.59 Å². The van der Waals surface area contributed by atoms with Crippen molar-refractivity contribution in [1.82, 2.24) is 0 Å². The van der Waals surface area contributed by atoms with E-state index in [9.17, 15) is 18.0 Å². The van der Waals surface area contributed by atoms with Crippen LogP contribution in [0.4, 0.5) is 11.4 Å². The predicted octanol–water partition coefficient (Wildman–Crippen LogP) is 3.58. The number of ether oxygens (including phenoxy) is 1. The molecule has 0 aliphatic heterocycles. The van der Waals surface area contributed by atoms with Crippen molar-refractivity contribution in [1.29, 1.82) is 0 Å². The van der Waals surface area contributed by atoms with Gasteiger partial charge in [-0.05, 0) is 68.1 Å². The first-order chi connectivity index (χ1) is 13.8. The lowest BCUT2D eigenvalue weighted by Gasteiger charge is -2.14. The van der Waals surface area contributed by atoms with Crippen LogP contribution in [-0.2, 0) is 19.4 Å². The molecule has 4 rings (SSSR count). The van der Waals surface area contributed by atoms with Crippen molar-refractivity contribution in [2.45, 2.75) is 30.6 Å². The molecule has 0 atom stereocenters. The summed E-state index contributed by atoms with van der Waals surface area (Å²) in [6, 6.07) is 11.3. The highest BCUT2D eigenvalue weighted by Gasteiger charge is 2.31. The van der Waals surface area contributed by atoms with E-state index in [1.54, 1.807) is 24.3 Å². The zero-order valence-corrected chi connectivity index (χ0v) is 16.8. The number of hydrogen-bond donors (Lipinski definition) is 2. The van der Waals surface area contributed by atoms with Gasteiger partial charge in [-0.2, -0.15) is 0 Å². The number of anilines is 2. The Morgan fingerprint density at radius 3 is 2.03 bits per heavy atom. The fourth-order valence-corrected chi connectivity index (χ4v) is 3.48. The van der Waals surface area contributed by atoms with Crippen molar-refractivity contribution in [3.63, 3.8) is 0 Å². The summed E-state index contributed by atoms with van der Waals surface area (Å²) in [7, 11) is -3.42. The van der Waals surface area contributed by atoms with Gasteiger partial charge in [0.15, 0.2) is 15.6 Å². The van der Waals surface area contributed by atoms with Gasteiger partial charge < -0.3 is 15.4 Å². The van der Waals surface area contributed by atoms with E-state index in [-0.39, 0.29) is 28.5 Å². The average molecular weight is 414 g/mol. The zero-order valence-electron chi connectivity index (χ0n) is 16.0. The van der Waals surface area contributed by atoms with E-state index >= 15 is 0 Å². The molecule has 2 N–H and O–H groups in total. The Morgan fingerprint density at radius 2 is 1.48 bits per heavy atom. The van der Waals surface area contributed by atoms with Crippen molar-refractivity contribution in [2.75, 3.05) is 16.9 Å². The third kappa shape index (κ3) is 4.95. The van der Waals surface area contributed by atoms with Crippen LogP contribution >= 0.6 is 0 Å². The molecule has 2 amide bonds. The molecule has 0 saturated heterocycles. The lowest BCUT2D eigenvalue weighted by Crippen LogP contribution is -2.14. The lowest BCUT2D eigenvalue weighted by molar-refractivity contribution is -0.118. The molecule has 152 valence electrons. The molecule has 2 saturated carbocycles. The molecule has 0 unspecified atom stereocenters. The summed E-state index contributed by atoms with van der Waals surface area (Å²) in [5, 5.41) is 5.63. The number of rotatable bonds is 7. The maximum atomic E-state index is 12.2. The highest BCUT2D eigenvalue weighted by molar-refractivity contribution is 7.90. The molecule has 2 aliphatic carbocycles. The average Bonchev–Trinajstić information content (AvgIpc) is 3.56. The van der Waals surface area contributed by atoms with Gasteiger partial charge in [0, 0.05) is 23.8 Å². The number of carbonyl (C=O) groups is 2. The molecule has 7 nitrogen and oxygen atoms in total. The summed E-state index contributed by atoms with van der Waals surface area (Å²) < 4.78 is 29.6. The van der Waals surface area contributed by atoms with E-state index in [4.69, 9.17) is 4.74 Å². The number of sulfone groups is 1. The maximum Gasteiger partial charge on any atom is 0.227 e. The van der Waals surface area contributed by atoms with Gasteiger partial charge in [0.2, 0.25) is 11.8 Å². The summed E-state index contributed by atoms with van der Waals surface area (Å²) in [5.74, 6) is 0.833. The number of amides is 2. The molecule has 2 fully saturated rings. The van der Waals surface area contributed by atoms with Crippen molar-refractivity contribution in [2.24, 2.45) is 11.8 Å². The number of carbonyl (C=O) groups excluding carboxylic acids is 2. The Bertz CT molecular complexity index is 1050. The highest BCUT2D eigenvalue weighted by Crippen LogP contribution is 2.36. The third-order valence-electron chi connectivity index (χ3n) is 4.88. The predicted molar refractivity (Wildman–Crippen MR) is 109 cm³/mol. The molecule has 0 spiro atoms. The van der Waals surface area contributed by atoms with Crippen LogP contribution in [0.5, 0.6) is 11.5 Å². The summed E-state index contributed by atoms with van der Waals surface area (Å²) >= 11 is 0. The van der Waals surface area contributed by atoms with Crippen molar-refractivity contribution in [3.05, 3.63) is 42.5 Å². The van der Waals surface area contributed by atoms with Crippen molar-refractivity contribution in [3.8, 4) is 11.5 Å². The first-order valence-corrected chi connectivity index (χ1v) is 11.4. The van der Waals surface area contributed by atoms with Gasteiger partial charge in [-0.15, -0.1) is 0 Å². The molecule has 0 aromatic heterocycles. The summed E-state index contributed by atoms with van der Waals surface area (Å²) in [5.41, 5.74) is 1.000. The molecule has 29 heavy (non-hydrogen) atoms. The lowest BCUT2D eigenvalue weighted by atomic mass is 10.2. The number of benzene rings is 2. The van der Waals surface area contributed by atoms with E-state index in [1.165, 1.54) is 18.2 Å². The smallest absolute Gasteiger partial charge is 0.227 e. The van der Waals surface area contributed by atoms with E-state index in [2.05, 4.69) is 10.6 Å². The molecule has 0 bridgehead atoms. The fourth-order valence-electron chi connectivity index (χ4n) is 2.83. The molecule has 2 aromatic carbocycles. The number of nitrogens with one attached hydrogen (secondary N) is 2. The van der Waals surface area contributed by atoms with E-state index in [0.717, 1.165) is 31.9 Å². The quantitative estimate of drug-likeness (QED) is 0.721. The second-order valence-electron chi connectivity index (χ2n) is 7.58. The Morgan fingerprint density at radius 1 is 0.897 bits per heavy atom. The zero-order chi connectivity index (χ0) is 20.6. The van der Waals surface area contributed by atoms with Crippen molar-refractivity contribution >= 4 is 33.0 Å². The molecule has 8 heteroatoms. The fraction of sp³-hybridized carbons (Fsp3) is 0.333. The third-order valence-corrected chi connectivity index (χ3v) is 5.99.